The van der Waals surface area contributed by atoms with Gasteiger partial charge in [-0.2, -0.15) is 0 Å². The summed E-state index contributed by atoms with van der Waals surface area (Å²) in [7, 11) is 0. The molecule has 2 nitrogen and oxygen atoms in total. The molecule has 0 atom stereocenters. The Balaban J connectivity index is 2.18. The number of halogens is 3. The SMILES string of the molecule is Cc1ccc(NC(=O)c2cc(Br)c(Br)s2)cc1Cl. The lowest BCUT2D eigenvalue weighted by Gasteiger charge is -2.05. The van der Waals surface area contributed by atoms with Crippen molar-refractivity contribution in [2.45, 2.75) is 6.92 Å². The first kappa shape index (κ1) is 14.1. The number of carbonyl (C=O) groups is 1. The zero-order chi connectivity index (χ0) is 13.3. The Morgan fingerprint density at radius 2 is 2.06 bits per heavy atom. The number of aryl methyl sites for hydroxylation is 1. The first-order chi connectivity index (χ1) is 8.47. The van der Waals surface area contributed by atoms with E-state index in [2.05, 4.69) is 37.2 Å². The third kappa shape index (κ3) is 3.15. The maximum Gasteiger partial charge on any atom is 0.265 e. The van der Waals surface area contributed by atoms with Gasteiger partial charge in [-0.15, -0.1) is 11.3 Å². The maximum atomic E-state index is 12.0. The Morgan fingerprint density at radius 1 is 1.33 bits per heavy atom. The van der Waals surface area contributed by atoms with E-state index in [1.807, 2.05) is 19.1 Å². The Kier molecular flexibility index (Phi) is 4.48. The van der Waals surface area contributed by atoms with Crippen molar-refractivity contribution >= 4 is 66.4 Å². The molecule has 0 unspecified atom stereocenters. The van der Waals surface area contributed by atoms with E-state index in [1.54, 1.807) is 12.1 Å². The van der Waals surface area contributed by atoms with E-state index < -0.39 is 0 Å². The first-order valence-electron chi connectivity index (χ1n) is 4.99. The van der Waals surface area contributed by atoms with E-state index >= 15 is 0 Å². The van der Waals surface area contributed by atoms with E-state index in [9.17, 15) is 4.79 Å². The van der Waals surface area contributed by atoms with Gasteiger partial charge in [-0.05, 0) is 62.5 Å². The smallest absolute Gasteiger partial charge is 0.265 e. The van der Waals surface area contributed by atoms with Crippen molar-refractivity contribution in [3.05, 3.63) is 48.0 Å². The summed E-state index contributed by atoms with van der Waals surface area (Å²) in [5, 5.41) is 3.45. The summed E-state index contributed by atoms with van der Waals surface area (Å²) in [6.45, 7) is 1.92. The topological polar surface area (TPSA) is 29.1 Å². The molecule has 0 fully saturated rings. The van der Waals surface area contributed by atoms with Gasteiger partial charge in [0.25, 0.3) is 5.91 Å². The molecule has 94 valence electrons. The van der Waals surface area contributed by atoms with Crippen LogP contribution < -0.4 is 5.32 Å². The molecule has 0 saturated carbocycles. The summed E-state index contributed by atoms with van der Waals surface area (Å²) in [5.41, 5.74) is 1.67. The summed E-state index contributed by atoms with van der Waals surface area (Å²) in [6.07, 6.45) is 0. The average molecular weight is 410 g/mol. The van der Waals surface area contributed by atoms with Crippen molar-refractivity contribution in [3.8, 4) is 0 Å². The van der Waals surface area contributed by atoms with Crippen LogP contribution in [0.4, 0.5) is 5.69 Å². The van der Waals surface area contributed by atoms with Crippen LogP contribution in [-0.2, 0) is 0 Å². The minimum absolute atomic E-state index is 0.147. The summed E-state index contributed by atoms with van der Waals surface area (Å²) in [4.78, 5) is 12.6. The van der Waals surface area contributed by atoms with E-state index in [0.717, 1.165) is 13.8 Å². The van der Waals surface area contributed by atoms with E-state index in [1.165, 1.54) is 11.3 Å². The standard InChI is InChI=1S/C12H8Br2ClNOS/c1-6-2-3-7(4-9(6)15)16-12(17)10-5-8(13)11(14)18-10/h2-5H,1H3,(H,16,17). The van der Waals surface area contributed by atoms with Crippen molar-refractivity contribution in [3.63, 3.8) is 0 Å². The van der Waals surface area contributed by atoms with E-state index in [4.69, 9.17) is 11.6 Å². The molecule has 0 aliphatic rings. The molecule has 1 amide bonds. The molecule has 1 N–H and O–H groups in total. The van der Waals surface area contributed by atoms with Gasteiger partial charge in [0.1, 0.15) is 0 Å². The highest BCUT2D eigenvalue weighted by Crippen LogP contribution is 2.32. The van der Waals surface area contributed by atoms with Crippen LogP contribution in [0.1, 0.15) is 15.2 Å². The van der Waals surface area contributed by atoms with Crippen LogP contribution in [0.3, 0.4) is 0 Å². The number of hydrogen-bond acceptors (Lipinski definition) is 2. The molecular weight excluding hydrogens is 401 g/mol. The highest BCUT2D eigenvalue weighted by molar-refractivity contribution is 9.13. The molecule has 0 radical (unpaired) electrons. The van der Waals surface area contributed by atoms with Gasteiger partial charge in [-0.25, -0.2) is 0 Å². The highest BCUT2D eigenvalue weighted by atomic mass is 79.9. The lowest BCUT2D eigenvalue weighted by molar-refractivity contribution is 0.103. The molecule has 0 aliphatic heterocycles. The lowest BCUT2D eigenvalue weighted by atomic mass is 10.2. The van der Waals surface area contributed by atoms with Crippen molar-refractivity contribution in [1.82, 2.24) is 0 Å². The normalized spacial score (nSPS) is 10.4. The largest absolute Gasteiger partial charge is 0.321 e. The minimum Gasteiger partial charge on any atom is -0.321 e. The zero-order valence-corrected chi connectivity index (χ0v) is 14.0. The predicted octanol–water partition coefficient (Wildman–Crippen LogP) is 5.49. The fourth-order valence-electron chi connectivity index (χ4n) is 1.32. The quantitative estimate of drug-likeness (QED) is 0.698. The molecular formula is C12H8Br2ClNOS. The number of benzene rings is 1. The fourth-order valence-corrected chi connectivity index (χ4v) is 3.43. The highest BCUT2D eigenvalue weighted by Gasteiger charge is 2.12. The molecule has 0 saturated heterocycles. The van der Waals surface area contributed by atoms with Crippen molar-refractivity contribution < 1.29 is 4.79 Å². The molecule has 2 rings (SSSR count). The van der Waals surface area contributed by atoms with Gasteiger partial charge in [0.2, 0.25) is 0 Å². The second-order valence-electron chi connectivity index (χ2n) is 3.65. The Labute approximate surface area is 131 Å². The number of nitrogens with one attached hydrogen (secondary N) is 1. The van der Waals surface area contributed by atoms with Crippen LogP contribution in [0.5, 0.6) is 0 Å². The van der Waals surface area contributed by atoms with Gasteiger partial charge in [-0.1, -0.05) is 17.7 Å². The summed E-state index contributed by atoms with van der Waals surface area (Å²) in [6, 6.07) is 7.22. The summed E-state index contributed by atoms with van der Waals surface area (Å²) >= 11 is 14.1. The lowest BCUT2D eigenvalue weighted by Crippen LogP contribution is -2.09. The maximum absolute atomic E-state index is 12.0. The van der Waals surface area contributed by atoms with Gasteiger partial charge in [-0.3, -0.25) is 4.79 Å². The monoisotopic (exact) mass is 407 g/mol. The summed E-state index contributed by atoms with van der Waals surface area (Å²) < 4.78 is 1.77. The van der Waals surface area contributed by atoms with Crippen LogP contribution in [0.15, 0.2) is 32.5 Å². The summed E-state index contributed by atoms with van der Waals surface area (Å²) in [5.74, 6) is -0.147. The van der Waals surface area contributed by atoms with Crippen LogP contribution in [0, 0.1) is 6.92 Å². The number of carbonyl (C=O) groups excluding carboxylic acids is 1. The third-order valence-corrected chi connectivity index (χ3v) is 5.96. The van der Waals surface area contributed by atoms with Crippen LogP contribution in [0.25, 0.3) is 0 Å². The Hall–Kier alpha value is -0.360. The average Bonchev–Trinajstić information content (AvgIpc) is 2.65. The molecule has 2 aromatic rings. The van der Waals surface area contributed by atoms with E-state index in [-0.39, 0.29) is 5.91 Å². The van der Waals surface area contributed by atoms with Gasteiger partial charge in [0, 0.05) is 15.2 Å². The van der Waals surface area contributed by atoms with Crippen molar-refractivity contribution in [1.29, 1.82) is 0 Å². The van der Waals surface area contributed by atoms with Gasteiger partial charge < -0.3 is 5.32 Å². The number of hydrogen-bond donors (Lipinski definition) is 1. The van der Waals surface area contributed by atoms with Gasteiger partial charge >= 0.3 is 0 Å². The molecule has 18 heavy (non-hydrogen) atoms. The zero-order valence-electron chi connectivity index (χ0n) is 9.26. The second kappa shape index (κ2) is 5.74. The fraction of sp³-hybridized carbons (Fsp3) is 0.0833. The molecule has 0 bridgehead atoms. The molecule has 1 aromatic heterocycles. The van der Waals surface area contributed by atoms with Crippen molar-refractivity contribution in [2.24, 2.45) is 0 Å². The number of thiophene rings is 1. The van der Waals surface area contributed by atoms with Gasteiger partial charge in [0.05, 0.1) is 8.66 Å². The minimum atomic E-state index is -0.147. The molecule has 0 spiro atoms. The Bertz CT molecular complexity index is 593. The van der Waals surface area contributed by atoms with Crippen LogP contribution in [-0.4, -0.2) is 5.91 Å². The Morgan fingerprint density at radius 3 is 2.61 bits per heavy atom. The number of amides is 1. The second-order valence-corrected chi connectivity index (χ2v) is 7.28. The van der Waals surface area contributed by atoms with E-state index in [0.29, 0.717) is 15.6 Å². The third-order valence-electron chi connectivity index (χ3n) is 2.30. The molecule has 0 aliphatic carbocycles. The number of anilines is 1. The molecule has 1 aromatic carbocycles. The van der Waals surface area contributed by atoms with Crippen LogP contribution in [0.2, 0.25) is 5.02 Å². The van der Waals surface area contributed by atoms with Crippen LogP contribution >= 0.6 is 54.8 Å². The van der Waals surface area contributed by atoms with Crippen molar-refractivity contribution in [2.75, 3.05) is 5.32 Å². The molecule has 1 heterocycles. The molecule has 6 heteroatoms. The number of rotatable bonds is 2. The first-order valence-corrected chi connectivity index (χ1v) is 7.78. The predicted molar refractivity (Wildman–Crippen MR) is 83.9 cm³/mol. The van der Waals surface area contributed by atoms with Gasteiger partial charge in [0.15, 0.2) is 0 Å².